The largest absolute Gasteiger partial charge is 0.354 e. The highest BCUT2D eigenvalue weighted by molar-refractivity contribution is 14.1. The van der Waals surface area contributed by atoms with E-state index in [0.29, 0.717) is 22.9 Å². The van der Waals surface area contributed by atoms with Crippen molar-refractivity contribution in [2.45, 2.75) is 6.92 Å². The third-order valence-electron chi connectivity index (χ3n) is 2.54. The summed E-state index contributed by atoms with van der Waals surface area (Å²) in [6, 6.07) is 5.60. The van der Waals surface area contributed by atoms with Crippen LogP contribution in [-0.2, 0) is 0 Å². The van der Waals surface area contributed by atoms with Crippen molar-refractivity contribution in [1.82, 2.24) is 15.0 Å². The normalized spacial score (nSPS) is 10.3. The predicted octanol–water partition coefficient (Wildman–Crippen LogP) is 3.37. The zero-order chi connectivity index (χ0) is 15.4. The van der Waals surface area contributed by atoms with E-state index in [1.807, 2.05) is 44.1 Å². The maximum Gasteiger partial charge on any atom is 0.233 e. The lowest BCUT2D eigenvalue weighted by Gasteiger charge is -2.14. The maximum atomic E-state index is 5.96. The van der Waals surface area contributed by atoms with E-state index in [1.165, 1.54) is 0 Å². The zero-order valence-electron chi connectivity index (χ0n) is 12.0. The first-order valence-electron chi connectivity index (χ1n) is 6.39. The number of benzene rings is 1. The maximum absolute atomic E-state index is 5.96. The van der Waals surface area contributed by atoms with Crippen LogP contribution in [0.3, 0.4) is 0 Å². The van der Waals surface area contributed by atoms with Gasteiger partial charge in [0.1, 0.15) is 0 Å². The van der Waals surface area contributed by atoms with Gasteiger partial charge >= 0.3 is 0 Å². The molecule has 21 heavy (non-hydrogen) atoms. The summed E-state index contributed by atoms with van der Waals surface area (Å²) in [4.78, 5) is 14.9. The van der Waals surface area contributed by atoms with Gasteiger partial charge in [0.05, 0.1) is 5.69 Å². The van der Waals surface area contributed by atoms with Gasteiger partial charge in [0.25, 0.3) is 0 Å². The summed E-state index contributed by atoms with van der Waals surface area (Å²) in [7, 11) is 3.78. The van der Waals surface area contributed by atoms with Crippen molar-refractivity contribution < 1.29 is 0 Å². The molecule has 0 aliphatic carbocycles. The number of halogens is 2. The summed E-state index contributed by atoms with van der Waals surface area (Å²) in [5.41, 5.74) is 0.901. The van der Waals surface area contributed by atoms with Crippen molar-refractivity contribution in [3.63, 3.8) is 0 Å². The lowest BCUT2D eigenvalue weighted by atomic mass is 10.3. The zero-order valence-corrected chi connectivity index (χ0v) is 14.9. The Hall–Kier alpha value is -1.35. The van der Waals surface area contributed by atoms with E-state index in [1.54, 1.807) is 0 Å². The molecule has 0 radical (unpaired) electrons. The smallest absolute Gasteiger partial charge is 0.233 e. The van der Waals surface area contributed by atoms with Gasteiger partial charge in [0, 0.05) is 29.2 Å². The van der Waals surface area contributed by atoms with Crippen molar-refractivity contribution in [1.29, 1.82) is 0 Å². The van der Waals surface area contributed by atoms with Crippen LogP contribution in [0.2, 0.25) is 5.02 Å². The molecule has 1 aromatic carbocycles. The SMILES string of the molecule is CCNc1nc(Nc2ccc(Cl)cc2I)nc(N(C)C)n1. The standard InChI is InChI=1S/C13H16ClIN6/c1-4-16-11-18-12(20-13(19-11)21(2)3)17-10-6-5-8(14)7-9(10)15/h5-7H,4H2,1-3H3,(H2,16,17,18,19,20). The fourth-order valence-corrected chi connectivity index (χ4v) is 2.58. The number of hydrogen-bond acceptors (Lipinski definition) is 6. The van der Waals surface area contributed by atoms with E-state index >= 15 is 0 Å². The highest BCUT2D eigenvalue weighted by atomic mass is 127. The third-order valence-corrected chi connectivity index (χ3v) is 3.66. The minimum Gasteiger partial charge on any atom is -0.354 e. The van der Waals surface area contributed by atoms with Crippen LogP contribution in [0.15, 0.2) is 18.2 Å². The molecule has 2 aromatic rings. The van der Waals surface area contributed by atoms with Gasteiger partial charge in [-0.05, 0) is 47.7 Å². The summed E-state index contributed by atoms with van der Waals surface area (Å²) in [5.74, 6) is 1.62. The van der Waals surface area contributed by atoms with Gasteiger partial charge in [-0.2, -0.15) is 15.0 Å². The molecule has 0 aliphatic rings. The van der Waals surface area contributed by atoms with Crippen LogP contribution in [0.1, 0.15) is 6.92 Å². The van der Waals surface area contributed by atoms with E-state index in [9.17, 15) is 0 Å². The Morgan fingerprint density at radius 2 is 1.90 bits per heavy atom. The summed E-state index contributed by atoms with van der Waals surface area (Å²) in [6.07, 6.45) is 0. The summed E-state index contributed by atoms with van der Waals surface area (Å²) < 4.78 is 0.997. The number of anilines is 4. The molecular formula is C13H16ClIN6. The van der Waals surface area contributed by atoms with E-state index in [4.69, 9.17) is 11.6 Å². The molecule has 0 bridgehead atoms. The van der Waals surface area contributed by atoms with E-state index in [2.05, 4.69) is 48.2 Å². The summed E-state index contributed by atoms with van der Waals surface area (Å²) in [6.45, 7) is 2.74. The van der Waals surface area contributed by atoms with Crippen molar-refractivity contribution in [3.05, 3.63) is 26.8 Å². The van der Waals surface area contributed by atoms with Gasteiger partial charge < -0.3 is 15.5 Å². The van der Waals surface area contributed by atoms with Crippen LogP contribution in [0, 0.1) is 3.57 Å². The van der Waals surface area contributed by atoms with Gasteiger partial charge in [0.2, 0.25) is 17.8 Å². The van der Waals surface area contributed by atoms with Crippen LogP contribution in [0.4, 0.5) is 23.5 Å². The van der Waals surface area contributed by atoms with Gasteiger partial charge in [-0.3, -0.25) is 0 Å². The molecule has 0 saturated carbocycles. The molecule has 0 aliphatic heterocycles. The average Bonchev–Trinajstić information content (AvgIpc) is 2.42. The number of aromatic nitrogens is 3. The number of nitrogens with one attached hydrogen (secondary N) is 2. The van der Waals surface area contributed by atoms with Crippen LogP contribution in [0.5, 0.6) is 0 Å². The van der Waals surface area contributed by atoms with Gasteiger partial charge in [0.15, 0.2) is 0 Å². The van der Waals surface area contributed by atoms with Crippen molar-refractivity contribution in [3.8, 4) is 0 Å². The Bertz CT molecular complexity index is 634. The molecular weight excluding hydrogens is 403 g/mol. The molecule has 2 N–H and O–H groups in total. The van der Waals surface area contributed by atoms with Crippen LogP contribution in [-0.4, -0.2) is 35.6 Å². The molecule has 0 amide bonds. The topological polar surface area (TPSA) is 66.0 Å². The summed E-state index contributed by atoms with van der Waals surface area (Å²) >= 11 is 8.18. The van der Waals surface area contributed by atoms with Crippen LogP contribution >= 0.6 is 34.2 Å². The molecule has 0 saturated heterocycles. The molecule has 0 atom stereocenters. The quantitative estimate of drug-likeness (QED) is 0.726. The Morgan fingerprint density at radius 3 is 2.52 bits per heavy atom. The van der Waals surface area contributed by atoms with Crippen molar-refractivity contribution in [2.75, 3.05) is 36.2 Å². The lowest BCUT2D eigenvalue weighted by Crippen LogP contribution is -2.16. The minimum atomic E-state index is 0.491. The summed E-state index contributed by atoms with van der Waals surface area (Å²) in [5, 5.41) is 7.00. The fraction of sp³-hybridized carbons (Fsp3) is 0.308. The fourth-order valence-electron chi connectivity index (χ4n) is 1.57. The molecule has 2 rings (SSSR count). The first kappa shape index (κ1) is 16.0. The highest BCUT2D eigenvalue weighted by Gasteiger charge is 2.09. The van der Waals surface area contributed by atoms with Crippen LogP contribution in [0.25, 0.3) is 0 Å². The van der Waals surface area contributed by atoms with Gasteiger partial charge in [-0.1, -0.05) is 11.6 Å². The molecule has 0 fully saturated rings. The lowest BCUT2D eigenvalue weighted by molar-refractivity contribution is 0.953. The number of rotatable bonds is 5. The van der Waals surface area contributed by atoms with Crippen molar-refractivity contribution in [2.24, 2.45) is 0 Å². The molecule has 1 heterocycles. The van der Waals surface area contributed by atoms with E-state index in [0.717, 1.165) is 15.8 Å². The molecule has 112 valence electrons. The second kappa shape index (κ2) is 7.08. The molecule has 0 spiro atoms. The van der Waals surface area contributed by atoms with E-state index < -0.39 is 0 Å². The first-order valence-corrected chi connectivity index (χ1v) is 7.84. The highest BCUT2D eigenvalue weighted by Crippen LogP contribution is 2.25. The van der Waals surface area contributed by atoms with Crippen molar-refractivity contribution >= 4 is 57.7 Å². The average molecular weight is 419 g/mol. The number of hydrogen-bond donors (Lipinski definition) is 2. The van der Waals surface area contributed by atoms with Gasteiger partial charge in [-0.25, -0.2) is 0 Å². The van der Waals surface area contributed by atoms with Gasteiger partial charge in [-0.15, -0.1) is 0 Å². The second-order valence-electron chi connectivity index (χ2n) is 4.46. The van der Waals surface area contributed by atoms with Crippen LogP contribution < -0.4 is 15.5 Å². The van der Waals surface area contributed by atoms with E-state index in [-0.39, 0.29) is 0 Å². The predicted molar refractivity (Wildman–Crippen MR) is 95.8 cm³/mol. The number of nitrogens with zero attached hydrogens (tertiary/aromatic N) is 4. The molecule has 8 heteroatoms. The first-order chi connectivity index (χ1) is 9.99. The Morgan fingerprint density at radius 1 is 1.19 bits per heavy atom. The molecule has 6 nitrogen and oxygen atoms in total. The molecule has 1 aromatic heterocycles. The Kier molecular flexibility index (Phi) is 5.40. The second-order valence-corrected chi connectivity index (χ2v) is 6.06. The Labute approximate surface area is 142 Å². The minimum absolute atomic E-state index is 0.491. The Balaban J connectivity index is 2.33. The monoisotopic (exact) mass is 418 g/mol. The third kappa shape index (κ3) is 4.31. The molecule has 0 unspecified atom stereocenters.